The first-order chi connectivity index (χ1) is 8.65. The van der Waals surface area contributed by atoms with Crippen LogP contribution in [0.5, 0.6) is 0 Å². The third kappa shape index (κ3) is 3.30. The van der Waals surface area contributed by atoms with Crippen LogP contribution < -0.4 is 10.9 Å². The molecule has 0 aliphatic carbocycles. The summed E-state index contributed by atoms with van der Waals surface area (Å²) in [6.45, 7) is 5.76. The molecule has 0 amide bonds. The number of nitrogens with zero attached hydrogens (tertiary/aromatic N) is 1. The Labute approximate surface area is 105 Å². The molecule has 0 unspecified atom stereocenters. The number of furan rings is 1. The molecule has 0 radical (unpaired) electrons. The zero-order chi connectivity index (χ0) is 13.0. The van der Waals surface area contributed by atoms with Crippen LogP contribution in [0, 0.1) is 5.92 Å². The molecular formula is C13H17N3O2. The summed E-state index contributed by atoms with van der Waals surface area (Å²) < 4.78 is 4.98. The molecule has 18 heavy (non-hydrogen) atoms. The Bertz CT molecular complexity index is 544. The van der Waals surface area contributed by atoms with Gasteiger partial charge < -0.3 is 14.7 Å². The fraction of sp³-hybridized carbons (Fsp3) is 0.385. The molecule has 2 N–H and O–H groups in total. The van der Waals surface area contributed by atoms with E-state index >= 15 is 0 Å². The minimum absolute atomic E-state index is 0.150. The summed E-state index contributed by atoms with van der Waals surface area (Å²) in [5, 5.41) is 3.26. The van der Waals surface area contributed by atoms with Gasteiger partial charge in [-0.25, -0.2) is 4.98 Å². The van der Waals surface area contributed by atoms with E-state index in [2.05, 4.69) is 29.1 Å². The van der Waals surface area contributed by atoms with Gasteiger partial charge in [0, 0.05) is 12.6 Å². The second-order valence-corrected chi connectivity index (χ2v) is 4.62. The number of hydrogen-bond donors (Lipinski definition) is 2. The first kappa shape index (κ1) is 12.6. The normalized spacial score (nSPS) is 11.1. The molecule has 0 fully saturated rings. The van der Waals surface area contributed by atoms with Gasteiger partial charge in [-0.2, -0.15) is 0 Å². The fourth-order valence-electron chi connectivity index (χ4n) is 1.62. The van der Waals surface area contributed by atoms with Crippen molar-refractivity contribution in [2.24, 2.45) is 5.92 Å². The van der Waals surface area contributed by atoms with Gasteiger partial charge >= 0.3 is 0 Å². The monoisotopic (exact) mass is 247 g/mol. The summed E-state index contributed by atoms with van der Waals surface area (Å²) in [6.07, 6.45) is 3.11. The van der Waals surface area contributed by atoms with Crippen LogP contribution in [0.2, 0.25) is 0 Å². The van der Waals surface area contributed by atoms with Crippen LogP contribution in [0.25, 0.3) is 11.4 Å². The van der Waals surface area contributed by atoms with Gasteiger partial charge in [-0.3, -0.25) is 4.79 Å². The minimum Gasteiger partial charge on any atom is -0.472 e. The fourth-order valence-corrected chi connectivity index (χ4v) is 1.62. The molecule has 2 aromatic rings. The van der Waals surface area contributed by atoms with Crippen LogP contribution in [-0.4, -0.2) is 16.5 Å². The number of nitrogens with one attached hydrogen (secondary N) is 2. The summed E-state index contributed by atoms with van der Waals surface area (Å²) in [7, 11) is 0. The first-order valence-corrected chi connectivity index (χ1v) is 5.98. The van der Waals surface area contributed by atoms with Gasteiger partial charge in [0.1, 0.15) is 12.1 Å². The molecule has 0 saturated carbocycles. The predicted octanol–water partition coefficient (Wildman–Crippen LogP) is 1.78. The van der Waals surface area contributed by atoms with E-state index in [0.717, 1.165) is 17.8 Å². The van der Waals surface area contributed by atoms with Crippen LogP contribution in [0.1, 0.15) is 19.5 Å². The zero-order valence-corrected chi connectivity index (χ0v) is 10.6. The van der Waals surface area contributed by atoms with Gasteiger partial charge in [-0.15, -0.1) is 0 Å². The van der Waals surface area contributed by atoms with Crippen molar-refractivity contribution in [3.63, 3.8) is 0 Å². The second kappa shape index (κ2) is 5.64. The third-order valence-electron chi connectivity index (χ3n) is 2.45. The maximum absolute atomic E-state index is 11.5. The Morgan fingerprint density at radius 2 is 2.33 bits per heavy atom. The van der Waals surface area contributed by atoms with Crippen LogP contribution in [0.15, 0.2) is 33.9 Å². The predicted molar refractivity (Wildman–Crippen MR) is 69.1 cm³/mol. The van der Waals surface area contributed by atoms with E-state index in [-0.39, 0.29) is 5.56 Å². The molecular weight excluding hydrogens is 230 g/mol. The van der Waals surface area contributed by atoms with Crippen molar-refractivity contribution < 1.29 is 4.42 Å². The van der Waals surface area contributed by atoms with Crippen LogP contribution in [0.3, 0.4) is 0 Å². The quantitative estimate of drug-likeness (QED) is 0.844. The van der Waals surface area contributed by atoms with Crippen LogP contribution in [-0.2, 0) is 6.54 Å². The zero-order valence-electron chi connectivity index (χ0n) is 10.6. The van der Waals surface area contributed by atoms with Crippen molar-refractivity contribution in [2.75, 3.05) is 6.54 Å². The largest absolute Gasteiger partial charge is 0.472 e. The lowest BCUT2D eigenvalue weighted by Gasteiger charge is -2.07. The molecule has 2 rings (SSSR count). The number of hydrogen-bond acceptors (Lipinski definition) is 4. The summed E-state index contributed by atoms with van der Waals surface area (Å²) in [6, 6.07) is 3.28. The average molecular weight is 247 g/mol. The molecule has 5 heteroatoms. The highest BCUT2D eigenvalue weighted by Crippen LogP contribution is 2.13. The van der Waals surface area contributed by atoms with Gasteiger partial charge in [0.15, 0.2) is 0 Å². The molecule has 0 atom stereocenters. The van der Waals surface area contributed by atoms with E-state index in [4.69, 9.17) is 4.42 Å². The van der Waals surface area contributed by atoms with Gasteiger partial charge in [-0.05, 0) is 18.5 Å². The Hall–Kier alpha value is -1.88. The highest BCUT2D eigenvalue weighted by atomic mass is 16.3. The highest BCUT2D eigenvalue weighted by Gasteiger charge is 2.05. The summed E-state index contributed by atoms with van der Waals surface area (Å²) in [5.74, 6) is 1.11. The van der Waals surface area contributed by atoms with E-state index in [1.165, 1.54) is 6.07 Å². The average Bonchev–Trinajstić information content (AvgIpc) is 2.81. The summed E-state index contributed by atoms with van der Waals surface area (Å²) in [5.41, 5.74) is 1.36. The smallest absolute Gasteiger partial charge is 0.251 e. The number of rotatable bonds is 5. The Morgan fingerprint density at radius 1 is 1.50 bits per heavy atom. The van der Waals surface area contributed by atoms with Gasteiger partial charge in [-0.1, -0.05) is 13.8 Å². The first-order valence-electron chi connectivity index (χ1n) is 5.98. The van der Waals surface area contributed by atoms with Crippen molar-refractivity contribution in [2.45, 2.75) is 20.4 Å². The van der Waals surface area contributed by atoms with Gasteiger partial charge in [0.05, 0.1) is 17.5 Å². The number of H-pyrrole nitrogens is 1. The Balaban J connectivity index is 2.14. The van der Waals surface area contributed by atoms with Gasteiger partial charge in [0.2, 0.25) is 0 Å². The van der Waals surface area contributed by atoms with E-state index < -0.39 is 0 Å². The van der Waals surface area contributed by atoms with Crippen LogP contribution in [0.4, 0.5) is 0 Å². The van der Waals surface area contributed by atoms with E-state index in [0.29, 0.717) is 18.3 Å². The van der Waals surface area contributed by atoms with E-state index in [1.54, 1.807) is 18.6 Å². The molecule has 2 aromatic heterocycles. The minimum atomic E-state index is -0.150. The topological polar surface area (TPSA) is 70.9 Å². The maximum atomic E-state index is 11.5. The number of aromatic nitrogens is 2. The van der Waals surface area contributed by atoms with Crippen molar-refractivity contribution in [3.05, 3.63) is 40.7 Å². The highest BCUT2D eigenvalue weighted by molar-refractivity contribution is 5.52. The number of aromatic amines is 1. The molecule has 0 spiro atoms. The molecule has 0 saturated heterocycles. The van der Waals surface area contributed by atoms with Crippen molar-refractivity contribution in [1.82, 2.24) is 15.3 Å². The molecule has 0 aromatic carbocycles. The Morgan fingerprint density at radius 3 is 3.00 bits per heavy atom. The van der Waals surface area contributed by atoms with Crippen LogP contribution >= 0.6 is 0 Å². The second-order valence-electron chi connectivity index (χ2n) is 4.62. The summed E-state index contributed by atoms with van der Waals surface area (Å²) in [4.78, 5) is 18.6. The Kier molecular flexibility index (Phi) is 3.94. The van der Waals surface area contributed by atoms with Crippen molar-refractivity contribution in [1.29, 1.82) is 0 Å². The lowest BCUT2D eigenvalue weighted by molar-refractivity contribution is 0.547. The SMILES string of the molecule is CC(C)CNCc1cc(=O)[nH]c(-c2ccoc2)n1. The maximum Gasteiger partial charge on any atom is 0.251 e. The van der Waals surface area contributed by atoms with Crippen molar-refractivity contribution >= 4 is 0 Å². The molecule has 5 nitrogen and oxygen atoms in total. The van der Waals surface area contributed by atoms with Gasteiger partial charge in [0.25, 0.3) is 5.56 Å². The molecule has 0 aliphatic rings. The lowest BCUT2D eigenvalue weighted by Crippen LogP contribution is -2.21. The third-order valence-corrected chi connectivity index (χ3v) is 2.45. The molecule has 96 valence electrons. The standard InChI is InChI=1S/C13H17N3O2/c1-9(2)6-14-7-11-5-12(17)16-13(15-11)10-3-4-18-8-10/h3-5,8-9,14H,6-7H2,1-2H3,(H,15,16,17). The van der Waals surface area contributed by atoms with E-state index in [9.17, 15) is 4.79 Å². The summed E-state index contributed by atoms with van der Waals surface area (Å²) >= 11 is 0. The molecule has 0 bridgehead atoms. The molecule has 2 heterocycles. The van der Waals surface area contributed by atoms with Crippen molar-refractivity contribution in [3.8, 4) is 11.4 Å². The molecule has 0 aliphatic heterocycles. The van der Waals surface area contributed by atoms with E-state index in [1.807, 2.05) is 0 Å². The lowest BCUT2D eigenvalue weighted by atomic mass is 10.2.